The summed E-state index contributed by atoms with van der Waals surface area (Å²) < 4.78 is 15.7. The molecule has 10 heteroatoms. The van der Waals surface area contributed by atoms with Crippen molar-refractivity contribution < 1.29 is 23.6 Å². The number of hydrogen-bond acceptors (Lipinski definition) is 9. The molecule has 29 heavy (non-hydrogen) atoms. The third-order valence-electron chi connectivity index (χ3n) is 4.51. The maximum Gasteiger partial charge on any atom is 0.336 e. The molecular weight excluding hydrogens is 380 g/mol. The van der Waals surface area contributed by atoms with E-state index in [-0.39, 0.29) is 24.8 Å². The van der Waals surface area contributed by atoms with Crippen LogP contribution in [0.1, 0.15) is 31.2 Å². The van der Waals surface area contributed by atoms with Crippen molar-refractivity contribution in [2.24, 2.45) is 0 Å². The van der Waals surface area contributed by atoms with Gasteiger partial charge in [0.25, 0.3) is 5.69 Å². The molecule has 1 unspecified atom stereocenters. The molecule has 1 atom stereocenters. The van der Waals surface area contributed by atoms with Crippen LogP contribution in [0.5, 0.6) is 0 Å². The van der Waals surface area contributed by atoms with Crippen molar-refractivity contribution in [2.75, 3.05) is 20.3 Å². The number of aromatic nitrogens is 2. The van der Waals surface area contributed by atoms with Gasteiger partial charge < -0.3 is 19.2 Å². The summed E-state index contributed by atoms with van der Waals surface area (Å²) >= 11 is 0. The fraction of sp³-hybridized carbons (Fsp3) is 0.316. The molecule has 152 valence electrons. The van der Waals surface area contributed by atoms with Gasteiger partial charge in [-0.1, -0.05) is 12.1 Å². The Hall–Kier alpha value is -3.53. The zero-order chi connectivity index (χ0) is 21.0. The lowest BCUT2D eigenvalue weighted by Gasteiger charge is -2.30. The molecule has 1 N–H and O–H groups in total. The van der Waals surface area contributed by atoms with Crippen molar-refractivity contribution in [2.45, 2.75) is 19.8 Å². The van der Waals surface area contributed by atoms with Gasteiger partial charge in [0.15, 0.2) is 0 Å². The maximum atomic E-state index is 12.9. The number of carbonyl (C=O) groups is 1. The molecule has 2 heterocycles. The van der Waals surface area contributed by atoms with Crippen LogP contribution in [0.2, 0.25) is 0 Å². The molecule has 1 aromatic carbocycles. The Kier molecular flexibility index (Phi) is 6.03. The summed E-state index contributed by atoms with van der Waals surface area (Å²) in [5, 5.41) is 22.1. The normalized spacial score (nSPS) is 16.6. The molecule has 0 saturated heterocycles. The average Bonchev–Trinajstić information content (AvgIpc) is 3.21. The highest BCUT2D eigenvalue weighted by Crippen LogP contribution is 2.43. The first-order chi connectivity index (χ1) is 13.9. The van der Waals surface area contributed by atoms with E-state index in [1.807, 2.05) is 0 Å². The summed E-state index contributed by atoms with van der Waals surface area (Å²) in [6.45, 7) is 3.87. The van der Waals surface area contributed by atoms with Gasteiger partial charge in [0.2, 0.25) is 12.3 Å². The lowest BCUT2D eigenvalue weighted by atomic mass is 9.80. The predicted molar refractivity (Wildman–Crippen MR) is 101 cm³/mol. The van der Waals surface area contributed by atoms with Crippen LogP contribution in [0.3, 0.4) is 0 Å². The third kappa shape index (κ3) is 4.16. The quantitative estimate of drug-likeness (QED) is 0.322. The monoisotopic (exact) mass is 400 g/mol. The first kappa shape index (κ1) is 20.2. The lowest BCUT2D eigenvalue weighted by Crippen LogP contribution is -2.29. The van der Waals surface area contributed by atoms with E-state index < -0.39 is 16.8 Å². The molecule has 2 aromatic rings. The van der Waals surface area contributed by atoms with Gasteiger partial charge in [-0.15, -0.1) is 10.2 Å². The number of nitro benzene ring substituents is 1. The van der Waals surface area contributed by atoms with Crippen LogP contribution in [0.15, 0.2) is 52.0 Å². The number of allylic oxidation sites excluding steroid dienone is 3. The van der Waals surface area contributed by atoms with Crippen LogP contribution in [-0.2, 0) is 14.3 Å². The molecule has 0 fully saturated rings. The van der Waals surface area contributed by atoms with E-state index in [1.165, 1.54) is 25.6 Å². The summed E-state index contributed by atoms with van der Waals surface area (Å²) in [4.78, 5) is 23.7. The fourth-order valence-electron chi connectivity index (χ4n) is 3.29. The maximum absolute atomic E-state index is 12.9. The van der Waals surface area contributed by atoms with Crippen LogP contribution in [0.25, 0.3) is 5.57 Å². The molecular formula is C19H20N4O6. The van der Waals surface area contributed by atoms with Gasteiger partial charge >= 0.3 is 5.97 Å². The summed E-state index contributed by atoms with van der Waals surface area (Å²) in [5.41, 5.74) is 2.56. The Labute approximate surface area is 166 Å². The van der Waals surface area contributed by atoms with Gasteiger partial charge in [-0.2, -0.15) is 0 Å². The van der Waals surface area contributed by atoms with Crippen molar-refractivity contribution in [3.8, 4) is 0 Å². The molecule has 0 aliphatic carbocycles. The smallest absolute Gasteiger partial charge is 0.336 e. The SMILES string of the molecule is COCCOC(=O)C1=C(C)NC(C)=C(c2nnco2)C1c1cccc([N+](=O)[O-])c1. The number of rotatable bonds is 7. The van der Waals surface area contributed by atoms with Crippen molar-refractivity contribution in [3.63, 3.8) is 0 Å². The molecule has 10 nitrogen and oxygen atoms in total. The van der Waals surface area contributed by atoms with Gasteiger partial charge in [-0.25, -0.2) is 4.79 Å². The van der Waals surface area contributed by atoms with Crippen molar-refractivity contribution in [1.82, 2.24) is 15.5 Å². The van der Waals surface area contributed by atoms with E-state index in [2.05, 4.69) is 15.5 Å². The summed E-state index contributed by atoms with van der Waals surface area (Å²) in [5.74, 6) is -1.04. The highest BCUT2D eigenvalue weighted by Gasteiger charge is 2.37. The van der Waals surface area contributed by atoms with E-state index in [9.17, 15) is 14.9 Å². The molecule has 1 aliphatic heterocycles. The molecule has 3 rings (SSSR count). The Morgan fingerprint density at radius 3 is 2.76 bits per heavy atom. The third-order valence-corrected chi connectivity index (χ3v) is 4.51. The molecule has 0 amide bonds. The lowest BCUT2D eigenvalue weighted by molar-refractivity contribution is -0.384. The van der Waals surface area contributed by atoms with Gasteiger partial charge in [0.05, 0.1) is 23.0 Å². The molecule has 0 spiro atoms. The Balaban J connectivity index is 2.13. The number of methoxy groups -OCH3 is 1. The van der Waals surface area contributed by atoms with E-state index in [0.29, 0.717) is 28.1 Å². The first-order valence-corrected chi connectivity index (χ1v) is 8.79. The summed E-state index contributed by atoms with van der Waals surface area (Å²) in [7, 11) is 1.51. The number of esters is 1. The molecule has 1 aliphatic rings. The van der Waals surface area contributed by atoms with Gasteiger partial charge in [-0.05, 0) is 19.4 Å². The topological polar surface area (TPSA) is 130 Å². The minimum Gasteiger partial charge on any atom is -0.460 e. The minimum atomic E-state index is -0.688. The van der Waals surface area contributed by atoms with Crippen LogP contribution in [-0.4, -0.2) is 41.4 Å². The van der Waals surface area contributed by atoms with Gasteiger partial charge in [0.1, 0.15) is 6.61 Å². The number of nitrogens with zero attached hydrogens (tertiary/aromatic N) is 3. The molecule has 0 bridgehead atoms. The number of carbonyl (C=O) groups excluding carboxylic acids is 1. The number of benzene rings is 1. The van der Waals surface area contributed by atoms with Crippen LogP contribution in [0.4, 0.5) is 5.69 Å². The molecule has 0 radical (unpaired) electrons. The standard InChI is InChI=1S/C19H20N4O6/c1-11-15(18-22-20-10-29-18)17(13-5-4-6-14(9-13)23(25)26)16(12(2)21-11)19(24)28-8-7-27-3/h4-6,9-10,17,21H,7-8H2,1-3H3. The fourth-order valence-corrected chi connectivity index (χ4v) is 3.29. The Morgan fingerprint density at radius 1 is 1.31 bits per heavy atom. The van der Waals surface area contributed by atoms with Crippen molar-refractivity contribution in [3.05, 3.63) is 69.2 Å². The predicted octanol–water partition coefficient (Wildman–Crippen LogP) is 2.56. The first-order valence-electron chi connectivity index (χ1n) is 8.79. The average molecular weight is 400 g/mol. The summed E-state index contributed by atoms with van der Waals surface area (Å²) in [6.07, 6.45) is 1.18. The number of hydrogen-bond donors (Lipinski definition) is 1. The zero-order valence-electron chi connectivity index (χ0n) is 16.2. The molecule has 1 aromatic heterocycles. The van der Waals surface area contributed by atoms with E-state index >= 15 is 0 Å². The summed E-state index contributed by atoms with van der Waals surface area (Å²) in [6, 6.07) is 6.10. The second kappa shape index (κ2) is 8.65. The van der Waals surface area contributed by atoms with Gasteiger partial charge in [-0.3, -0.25) is 10.1 Å². The Bertz CT molecular complexity index is 980. The van der Waals surface area contributed by atoms with Crippen molar-refractivity contribution >= 4 is 17.2 Å². The van der Waals surface area contributed by atoms with E-state index in [1.54, 1.807) is 26.0 Å². The number of non-ortho nitro benzene ring substituents is 1. The van der Waals surface area contributed by atoms with Crippen molar-refractivity contribution in [1.29, 1.82) is 0 Å². The minimum absolute atomic E-state index is 0.0758. The highest BCUT2D eigenvalue weighted by atomic mass is 16.6. The Morgan fingerprint density at radius 2 is 2.10 bits per heavy atom. The number of ether oxygens (including phenoxy) is 2. The van der Waals surface area contributed by atoms with Gasteiger partial charge in [0, 0.05) is 36.2 Å². The second-order valence-corrected chi connectivity index (χ2v) is 6.36. The largest absolute Gasteiger partial charge is 0.460 e. The molecule has 0 saturated carbocycles. The van der Waals surface area contributed by atoms with Crippen LogP contribution >= 0.6 is 0 Å². The number of dihydropyridines is 1. The van der Waals surface area contributed by atoms with E-state index in [4.69, 9.17) is 13.9 Å². The second-order valence-electron chi connectivity index (χ2n) is 6.36. The highest BCUT2D eigenvalue weighted by molar-refractivity contribution is 5.96. The van der Waals surface area contributed by atoms with Crippen LogP contribution < -0.4 is 5.32 Å². The van der Waals surface area contributed by atoms with Crippen LogP contribution in [0, 0.1) is 10.1 Å². The van der Waals surface area contributed by atoms with E-state index in [0.717, 1.165) is 0 Å². The number of nitro groups is 1. The number of nitrogens with one attached hydrogen (secondary N) is 1. The zero-order valence-corrected chi connectivity index (χ0v) is 16.2.